The minimum atomic E-state index is -0.0280. The molecule has 0 aliphatic carbocycles. The first-order valence-corrected chi connectivity index (χ1v) is 6.14. The number of aromatic hydroxyl groups is 1. The average molecular weight is 247 g/mol. The molecule has 0 spiro atoms. The van der Waals surface area contributed by atoms with Crippen molar-refractivity contribution in [2.45, 2.75) is 20.8 Å². The van der Waals surface area contributed by atoms with E-state index in [0.29, 0.717) is 11.4 Å². The molecule has 0 amide bonds. The van der Waals surface area contributed by atoms with E-state index in [9.17, 15) is 9.90 Å². The Kier molecular flexibility index (Phi) is 2.98. The SMILES string of the molecule is CC(=O)c1csc(-c2cc(C)c(O)c(C)c2)n1. The quantitative estimate of drug-likeness (QED) is 0.828. The highest BCUT2D eigenvalue weighted by atomic mass is 32.1. The minimum absolute atomic E-state index is 0.0280. The highest BCUT2D eigenvalue weighted by Crippen LogP contribution is 2.30. The van der Waals surface area contributed by atoms with Crippen LogP contribution in [0.4, 0.5) is 0 Å². The van der Waals surface area contributed by atoms with Gasteiger partial charge in [-0.1, -0.05) is 0 Å². The summed E-state index contributed by atoms with van der Waals surface area (Å²) in [5, 5.41) is 12.3. The topological polar surface area (TPSA) is 50.2 Å². The van der Waals surface area contributed by atoms with Crippen molar-refractivity contribution in [3.8, 4) is 16.3 Å². The third kappa shape index (κ3) is 2.22. The number of benzene rings is 1. The maximum atomic E-state index is 11.2. The number of hydrogen-bond donors (Lipinski definition) is 1. The van der Waals surface area contributed by atoms with Gasteiger partial charge in [-0.2, -0.15) is 0 Å². The van der Waals surface area contributed by atoms with Crippen LogP contribution in [-0.2, 0) is 0 Å². The summed E-state index contributed by atoms with van der Waals surface area (Å²) in [5.41, 5.74) is 3.07. The number of carbonyl (C=O) groups excluding carboxylic acids is 1. The second-order valence-electron chi connectivity index (χ2n) is 4.05. The number of Topliss-reactive ketones (excluding diaryl/α,β-unsaturated/α-hetero) is 1. The first-order valence-electron chi connectivity index (χ1n) is 5.26. The van der Waals surface area contributed by atoms with E-state index in [2.05, 4.69) is 4.98 Å². The second-order valence-corrected chi connectivity index (χ2v) is 4.91. The molecule has 0 bridgehead atoms. The summed E-state index contributed by atoms with van der Waals surface area (Å²) >= 11 is 1.44. The standard InChI is InChI=1S/C13H13NO2S/c1-7-4-10(5-8(2)12(7)16)13-14-11(6-17-13)9(3)15/h4-6,16H,1-3H3. The lowest BCUT2D eigenvalue weighted by Gasteiger charge is -2.05. The van der Waals surface area contributed by atoms with E-state index in [1.807, 2.05) is 26.0 Å². The molecule has 88 valence electrons. The zero-order chi connectivity index (χ0) is 12.6. The van der Waals surface area contributed by atoms with Crippen LogP contribution in [0.5, 0.6) is 5.75 Å². The third-order valence-corrected chi connectivity index (χ3v) is 3.49. The van der Waals surface area contributed by atoms with Gasteiger partial charge in [-0.15, -0.1) is 11.3 Å². The predicted octanol–water partition coefficient (Wildman–Crippen LogP) is 3.34. The first kappa shape index (κ1) is 11.8. The molecule has 0 unspecified atom stereocenters. The van der Waals surface area contributed by atoms with E-state index >= 15 is 0 Å². The molecule has 3 nitrogen and oxygen atoms in total. The molecule has 0 fully saturated rings. The minimum Gasteiger partial charge on any atom is -0.507 e. The van der Waals surface area contributed by atoms with Gasteiger partial charge in [0, 0.05) is 17.9 Å². The lowest BCUT2D eigenvalue weighted by atomic mass is 10.1. The summed E-state index contributed by atoms with van der Waals surface area (Å²) in [6.07, 6.45) is 0. The highest BCUT2D eigenvalue weighted by molar-refractivity contribution is 7.13. The lowest BCUT2D eigenvalue weighted by Crippen LogP contribution is -1.91. The summed E-state index contributed by atoms with van der Waals surface area (Å²) in [7, 11) is 0. The summed E-state index contributed by atoms with van der Waals surface area (Å²) in [6.45, 7) is 5.21. The van der Waals surface area contributed by atoms with Gasteiger partial charge in [0.2, 0.25) is 0 Å². The molecule has 1 N–H and O–H groups in total. The Morgan fingerprint density at radius 2 is 1.88 bits per heavy atom. The Balaban J connectivity index is 2.49. The number of aromatic nitrogens is 1. The van der Waals surface area contributed by atoms with Gasteiger partial charge in [-0.3, -0.25) is 4.79 Å². The number of rotatable bonds is 2. The van der Waals surface area contributed by atoms with Crippen LogP contribution in [0.15, 0.2) is 17.5 Å². The fourth-order valence-electron chi connectivity index (χ4n) is 1.65. The zero-order valence-corrected chi connectivity index (χ0v) is 10.8. The lowest BCUT2D eigenvalue weighted by molar-refractivity contribution is 0.101. The van der Waals surface area contributed by atoms with Crippen LogP contribution < -0.4 is 0 Å². The number of phenols is 1. The van der Waals surface area contributed by atoms with Crippen molar-refractivity contribution >= 4 is 17.1 Å². The van der Waals surface area contributed by atoms with Gasteiger partial charge < -0.3 is 5.11 Å². The summed E-state index contributed by atoms with van der Waals surface area (Å²) in [5.74, 6) is 0.289. The number of thiazole rings is 1. The van der Waals surface area contributed by atoms with E-state index in [-0.39, 0.29) is 5.78 Å². The summed E-state index contributed by atoms with van der Waals surface area (Å²) < 4.78 is 0. The molecule has 1 heterocycles. The van der Waals surface area contributed by atoms with E-state index in [4.69, 9.17) is 0 Å². The Bertz CT molecular complexity index is 564. The number of phenolic OH excluding ortho intramolecular Hbond substituents is 1. The Labute approximate surface area is 104 Å². The second kappa shape index (κ2) is 4.30. The van der Waals surface area contributed by atoms with Crippen LogP contribution in [0.3, 0.4) is 0 Å². The van der Waals surface area contributed by atoms with Crippen molar-refractivity contribution in [1.82, 2.24) is 4.98 Å². The monoisotopic (exact) mass is 247 g/mol. The number of nitrogens with zero attached hydrogens (tertiary/aromatic N) is 1. The Morgan fingerprint density at radius 1 is 1.29 bits per heavy atom. The van der Waals surface area contributed by atoms with Crippen LogP contribution in [-0.4, -0.2) is 15.9 Å². The van der Waals surface area contributed by atoms with E-state index in [0.717, 1.165) is 21.7 Å². The first-order chi connectivity index (χ1) is 7.99. The zero-order valence-electron chi connectivity index (χ0n) is 9.94. The number of ketones is 1. The maximum Gasteiger partial charge on any atom is 0.178 e. The molecular weight excluding hydrogens is 234 g/mol. The normalized spacial score (nSPS) is 10.5. The molecule has 1 aromatic heterocycles. The fraction of sp³-hybridized carbons (Fsp3) is 0.231. The van der Waals surface area contributed by atoms with Crippen molar-refractivity contribution in [2.75, 3.05) is 0 Å². The van der Waals surface area contributed by atoms with E-state index < -0.39 is 0 Å². The molecule has 2 aromatic rings. The Hall–Kier alpha value is -1.68. The van der Waals surface area contributed by atoms with E-state index in [1.54, 1.807) is 5.38 Å². The van der Waals surface area contributed by atoms with Crippen LogP contribution in [0.2, 0.25) is 0 Å². The van der Waals surface area contributed by atoms with Gasteiger partial charge in [0.15, 0.2) is 5.78 Å². The van der Waals surface area contributed by atoms with Crippen molar-refractivity contribution in [1.29, 1.82) is 0 Å². The third-order valence-electron chi connectivity index (χ3n) is 2.60. The van der Waals surface area contributed by atoms with Gasteiger partial charge in [-0.25, -0.2) is 4.98 Å². The molecule has 17 heavy (non-hydrogen) atoms. The molecule has 4 heteroatoms. The fourth-order valence-corrected chi connectivity index (χ4v) is 2.49. The van der Waals surface area contributed by atoms with Crippen LogP contribution in [0.1, 0.15) is 28.5 Å². The number of aryl methyl sites for hydroxylation is 2. The number of hydrogen-bond acceptors (Lipinski definition) is 4. The molecule has 0 saturated carbocycles. The van der Waals surface area contributed by atoms with Gasteiger partial charge in [0.1, 0.15) is 16.5 Å². The average Bonchev–Trinajstić information content (AvgIpc) is 2.74. The van der Waals surface area contributed by atoms with Crippen LogP contribution in [0.25, 0.3) is 10.6 Å². The Morgan fingerprint density at radius 3 is 2.35 bits per heavy atom. The van der Waals surface area contributed by atoms with Gasteiger partial charge in [0.05, 0.1) is 0 Å². The summed E-state index contributed by atoms with van der Waals surface area (Å²) in [6, 6.07) is 3.76. The maximum absolute atomic E-state index is 11.2. The van der Waals surface area contributed by atoms with Crippen LogP contribution in [0, 0.1) is 13.8 Å². The van der Waals surface area contributed by atoms with Crippen molar-refractivity contribution in [2.24, 2.45) is 0 Å². The largest absolute Gasteiger partial charge is 0.507 e. The molecule has 1 aromatic carbocycles. The number of carbonyl (C=O) groups is 1. The van der Waals surface area contributed by atoms with Gasteiger partial charge >= 0.3 is 0 Å². The molecule has 0 radical (unpaired) electrons. The van der Waals surface area contributed by atoms with E-state index in [1.165, 1.54) is 18.3 Å². The molecular formula is C13H13NO2S. The molecule has 0 atom stereocenters. The van der Waals surface area contributed by atoms with Crippen molar-refractivity contribution < 1.29 is 9.90 Å². The van der Waals surface area contributed by atoms with Crippen LogP contribution >= 0.6 is 11.3 Å². The molecule has 0 aliphatic rings. The van der Waals surface area contributed by atoms with Gasteiger partial charge in [-0.05, 0) is 37.1 Å². The van der Waals surface area contributed by atoms with Crippen molar-refractivity contribution in [3.05, 3.63) is 34.3 Å². The molecule has 0 saturated heterocycles. The molecule has 0 aliphatic heterocycles. The van der Waals surface area contributed by atoms with Crippen molar-refractivity contribution in [3.63, 3.8) is 0 Å². The smallest absolute Gasteiger partial charge is 0.178 e. The summed E-state index contributed by atoms with van der Waals surface area (Å²) in [4.78, 5) is 15.5. The predicted molar refractivity (Wildman–Crippen MR) is 68.7 cm³/mol. The van der Waals surface area contributed by atoms with Gasteiger partial charge in [0.25, 0.3) is 0 Å². The highest BCUT2D eigenvalue weighted by Gasteiger charge is 2.10. The molecule has 2 rings (SSSR count).